The van der Waals surface area contributed by atoms with Gasteiger partial charge in [-0.3, -0.25) is 14.4 Å². The first-order valence-electron chi connectivity index (χ1n) is 5.17. The van der Waals surface area contributed by atoms with Crippen LogP contribution in [0.15, 0.2) is 18.2 Å². The minimum Gasteiger partial charge on any atom is -0.427 e. The number of benzene rings is 1. The summed E-state index contributed by atoms with van der Waals surface area (Å²) in [6.45, 7) is 3.82. The van der Waals surface area contributed by atoms with E-state index in [1.54, 1.807) is 0 Å². The zero-order chi connectivity index (χ0) is 13.7. The van der Waals surface area contributed by atoms with E-state index in [9.17, 15) is 14.4 Å². The van der Waals surface area contributed by atoms with Gasteiger partial charge >= 0.3 is 11.9 Å². The first-order valence-corrected chi connectivity index (χ1v) is 5.17. The molecule has 0 heterocycles. The molecule has 1 aromatic carbocycles. The lowest BCUT2D eigenvalue weighted by atomic mass is 10.2. The van der Waals surface area contributed by atoms with Crippen molar-refractivity contribution in [2.75, 3.05) is 5.32 Å². The van der Waals surface area contributed by atoms with Crippen LogP contribution in [0.2, 0.25) is 0 Å². The summed E-state index contributed by atoms with van der Waals surface area (Å²) in [6.07, 6.45) is 0. The molecule has 0 saturated heterocycles. The maximum Gasteiger partial charge on any atom is 0.308 e. The summed E-state index contributed by atoms with van der Waals surface area (Å²) in [4.78, 5) is 32.7. The van der Waals surface area contributed by atoms with Gasteiger partial charge in [-0.1, -0.05) is 0 Å². The smallest absolute Gasteiger partial charge is 0.308 e. The summed E-state index contributed by atoms with van der Waals surface area (Å²) in [6, 6.07) is 4.33. The number of esters is 2. The quantitative estimate of drug-likeness (QED) is 0.650. The molecule has 1 rings (SSSR count). The SMILES string of the molecule is CC(=O)Nc1ccc(OC(C)=O)cc1OC(C)=O. The molecule has 0 aliphatic carbocycles. The minimum atomic E-state index is -0.540. The van der Waals surface area contributed by atoms with Gasteiger partial charge in [0.25, 0.3) is 0 Å². The fourth-order valence-corrected chi connectivity index (χ4v) is 1.26. The molecule has 6 heteroatoms. The van der Waals surface area contributed by atoms with E-state index in [1.165, 1.54) is 39.0 Å². The Morgan fingerprint density at radius 2 is 1.61 bits per heavy atom. The van der Waals surface area contributed by atoms with E-state index in [1.807, 2.05) is 0 Å². The minimum absolute atomic E-state index is 0.122. The van der Waals surface area contributed by atoms with E-state index in [4.69, 9.17) is 9.47 Å². The third-order valence-electron chi connectivity index (χ3n) is 1.78. The van der Waals surface area contributed by atoms with Crippen molar-refractivity contribution >= 4 is 23.5 Å². The summed E-state index contributed by atoms with van der Waals surface area (Å²) in [5, 5.41) is 2.50. The van der Waals surface area contributed by atoms with Crippen LogP contribution in [-0.4, -0.2) is 17.8 Å². The largest absolute Gasteiger partial charge is 0.427 e. The lowest BCUT2D eigenvalue weighted by Crippen LogP contribution is -2.10. The molecule has 0 atom stereocenters. The summed E-state index contributed by atoms with van der Waals surface area (Å²) >= 11 is 0. The van der Waals surface area contributed by atoms with Crippen molar-refractivity contribution in [3.63, 3.8) is 0 Å². The highest BCUT2D eigenvalue weighted by Crippen LogP contribution is 2.29. The number of carbonyl (C=O) groups is 3. The molecule has 18 heavy (non-hydrogen) atoms. The molecule has 0 bridgehead atoms. The van der Waals surface area contributed by atoms with E-state index >= 15 is 0 Å². The number of rotatable bonds is 3. The molecule has 0 spiro atoms. The van der Waals surface area contributed by atoms with Gasteiger partial charge in [-0.25, -0.2) is 0 Å². The zero-order valence-corrected chi connectivity index (χ0v) is 10.3. The summed E-state index contributed by atoms with van der Waals surface area (Å²) in [5.41, 5.74) is 0.327. The highest BCUT2D eigenvalue weighted by Gasteiger charge is 2.10. The molecule has 96 valence electrons. The second-order valence-electron chi connectivity index (χ2n) is 3.53. The zero-order valence-electron chi connectivity index (χ0n) is 10.3. The van der Waals surface area contributed by atoms with Crippen LogP contribution in [0.1, 0.15) is 20.8 Å². The van der Waals surface area contributed by atoms with E-state index in [2.05, 4.69) is 5.32 Å². The van der Waals surface area contributed by atoms with Crippen LogP contribution in [0, 0.1) is 0 Å². The third-order valence-corrected chi connectivity index (χ3v) is 1.78. The van der Waals surface area contributed by atoms with E-state index in [0.29, 0.717) is 5.69 Å². The normalized spacial score (nSPS) is 9.50. The summed E-state index contributed by atoms with van der Waals surface area (Å²) < 4.78 is 9.78. The first-order chi connectivity index (χ1) is 8.38. The maximum absolute atomic E-state index is 11.0. The molecule has 0 unspecified atom stereocenters. The molecular weight excluding hydrogens is 238 g/mol. The molecular formula is C12H13NO5. The predicted octanol–water partition coefficient (Wildman–Crippen LogP) is 1.50. The van der Waals surface area contributed by atoms with Crippen molar-refractivity contribution in [2.24, 2.45) is 0 Å². The molecule has 0 aromatic heterocycles. The molecule has 0 radical (unpaired) electrons. The molecule has 1 amide bonds. The van der Waals surface area contributed by atoms with Gasteiger partial charge in [0.05, 0.1) is 5.69 Å². The van der Waals surface area contributed by atoms with Gasteiger partial charge in [0.2, 0.25) is 5.91 Å². The van der Waals surface area contributed by atoms with Gasteiger partial charge in [-0.2, -0.15) is 0 Å². The van der Waals surface area contributed by atoms with Crippen LogP contribution in [0.4, 0.5) is 5.69 Å². The number of carbonyl (C=O) groups excluding carboxylic acids is 3. The Balaban J connectivity index is 3.06. The second kappa shape index (κ2) is 5.81. The highest BCUT2D eigenvalue weighted by atomic mass is 16.5. The fourth-order valence-electron chi connectivity index (χ4n) is 1.26. The Labute approximate surface area is 104 Å². The Bertz CT molecular complexity index is 495. The van der Waals surface area contributed by atoms with Crippen LogP contribution < -0.4 is 14.8 Å². The average molecular weight is 251 g/mol. The number of amides is 1. The number of nitrogens with one attached hydrogen (secondary N) is 1. The number of hydrogen-bond acceptors (Lipinski definition) is 5. The molecule has 0 aliphatic heterocycles. The van der Waals surface area contributed by atoms with Gasteiger partial charge in [0.15, 0.2) is 5.75 Å². The van der Waals surface area contributed by atoms with Crippen molar-refractivity contribution < 1.29 is 23.9 Å². The number of hydrogen-bond donors (Lipinski definition) is 1. The molecule has 0 aliphatic rings. The Morgan fingerprint density at radius 3 is 2.11 bits per heavy atom. The lowest BCUT2D eigenvalue weighted by Gasteiger charge is -2.10. The van der Waals surface area contributed by atoms with Crippen LogP contribution in [0.3, 0.4) is 0 Å². The van der Waals surface area contributed by atoms with E-state index in [-0.39, 0.29) is 17.4 Å². The lowest BCUT2D eigenvalue weighted by molar-refractivity contribution is -0.132. The summed E-state index contributed by atoms with van der Waals surface area (Å²) in [7, 11) is 0. The van der Waals surface area contributed by atoms with E-state index < -0.39 is 11.9 Å². The Morgan fingerprint density at radius 1 is 1.00 bits per heavy atom. The maximum atomic E-state index is 11.0. The van der Waals surface area contributed by atoms with Gasteiger partial charge in [-0.05, 0) is 12.1 Å². The molecule has 6 nitrogen and oxygen atoms in total. The standard InChI is InChI=1S/C12H13NO5/c1-7(14)13-11-5-4-10(17-8(2)15)6-12(11)18-9(3)16/h4-6H,1-3H3,(H,13,14). The van der Waals surface area contributed by atoms with E-state index in [0.717, 1.165) is 0 Å². The predicted molar refractivity (Wildman–Crippen MR) is 63.4 cm³/mol. The van der Waals surface area contributed by atoms with Crippen molar-refractivity contribution in [2.45, 2.75) is 20.8 Å². The van der Waals surface area contributed by atoms with Gasteiger partial charge in [0.1, 0.15) is 5.75 Å². The van der Waals surface area contributed by atoms with Crippen molar-refractivity contribution in [3.05, 3.63) is 18.2 Å². The average Bonchev–Trinajstić information content (AvgIpc) is 2.19. The van der Waals surface area contributed by atoms with Crippen LogP contribution in [0.25, 0.3) is 0 Å². The Kier molecular flexibility index (Phi) is 4.42. The molecule has 1 N–H and O–H groups in total. The molecule has 0 fully saturated rings. The third kappa shape index (κ3) is 4.25. The van der Waals surface area contributed by atoms with Crippen molar-refractivity contribution in [1.29, 1.82) is 0 Å². The molecule has 1 aromatic rings. The van der Waals surface area contributed by atoms with Crippen LogP contribution in [0.5, 0.6) is 11.5 Å². The van der Waals surface area contributed by atoms with Crippen molar-refractivity contribution in [3.8, 4) is 11.5 Å². The highest BCUT2D eigenvalue weighted by molar-refractivity contribution is 5.91. The second-order valence-corrected chi connectivity index (χ2v) is 3.53. The topological polar surface area (TPSA) is 81.7 Å². The number of ether oxygens (including phenoxy) is 2. The monoisotopic (exact) mass is 251 g/mol. The van der Waals surface area contributed by atoms with Crippen LogP contribution in [-0.2, 0) is 14.4 Å². The first kappa shape index (κ1) is 13.7. The van der Waals surface area contributed by atoms with Gasteiger partial charge < -0.3 is 14.8 Å². The summed E-state index contributed by atoms with van der Waals surface area (Å²) in [5.74, 6) is -0.981. The molecule has 0 saturated carbocycles. The fraction of sp³-hybridized carbons (Fsp3) is 0.250. The van der Waals surface area contributed by atoms with Crippen LogP contribution >= 0.6 is 0 Å². The number of anilines is 1. The van der Waals surface area contributed by atoms with Gasteiger partial charge in [0, 0.05) is 26.8 Å². The van der Waals surface area contributed by atoms with Gasteiger partial charge in [-0.15, -0.1) is 0 Å². The van der Waals surface area contributed by atoms with Crippen molar-refractivity contribution in [1.82, 2.24) is 0 Å². The Hall–Kier alpha value is -2.37.